The van der Waals surface area contributed by atoms with Crippen LogP contribution in [0.4, 0.5) is 0 Å². The van der Waals surface area contributed by atoms with Crippen molar-refractivity contribution in [1.29, 1.82) is 0 Å². The lowest BCUT2D eigenvalue weighted by atomic mass is 9.88. The van der Waals surface area contributed by atoms with Gasteiger partial charge in [-0.1, -0.05) is 50.2 Å². The minimum atomic E-state index is -1.18. The van der Waals surface area contributed by atoms with Crippen LogP contribution in [0.3, 0.4) is 0 Å². The van der Waals surface area contributed by atoms with Gasteiger partial charge in [0.1, 0.15) is 0 Å². The summed E-state index contributed by atoms with van der Waals surface area (Å²) < 4.78 is 35.7. The predicted octanol–water partition coefficient (Wildman–Crippen LogP) is 7.51. The van der Waals surface area contributed by atoms with Crippen LogP contribution >= 0.6 is 0 Å². The molecule has 0 aliphatic heterocycles. The van der Waals surface area contributed by atoms with Crippen molar-refractivity contribution in [2.45, 2.75) is 57.8 Å². The van der Waals surface area contributed by atoms with Crippen LogP contribution in [0.5, 0.6) is 34.5 Å². The summed E-state index contributed by atoms with van der Waals surface area (Å²) in [4.78, 5) is 53.3. The molecule has 3 aliphatic rings. The summed E-state index contributed by atoms with van der Waals surface area (Å²) in [7, 11) is 5.90. The SMILES string of the molecule is COc1ccc(-c2cccc3c2CCC3=O)c(OC(=O)C2(c3cc(-c4cccc5c4CCC5=O)c(OC(=O)C(C)C)c(OC)c3OC)CC2)c1OC. The van der Waals surface area contributed by atoms with Gasteiger partial charge in [0, 0.05) is 40.7 Å². The van der Waals surface area contributed by atoms with E-state index in [0.717, 1.165) is 16.7 Å². The van der Waals surface area contributed by atoms with Gasteiger partial charge in [0.25, 0.3) is 0 Å². The first kappa shape index (κ1) is 34.8. The van der Waals surface area contributed by atoms with Crippen molar-refractivity contribution in [3.8, 4) is 56.8 Å². The van der Waals surface area contributed by atoms with E-state index in [2.05, 4.69) is 0 Å². The summed E-state index contributed by atoms with van der Waals surface area (Å²) in [5, 5.41) is 0. The van der Waals surface area contributed by atoms with Crippen molar-refractivity contribution in [2.75, 3.05) is 28.4 Å². The molecule has 0 heterocycles. The van der Waals surface area contributed by atoms with Crippen molar-refractivity contribution >= 4 is 23.5 Å². The third-order valence-corrected chi connectivity index (χ3v) is 10.4. The molecule has 1 fully saturated rings. The maximum absolute atomic E-state index is 14.7. The highest BCUT2D eigenvalue weighted by Gasteiger charge is 2.56. The third-order valence-electron chi connectivity index (χ3n) is 10.4. The summed E-state index contributed by atoms with van der Waals surface area (Å²) in [5.74, 6) is -0.0978. The number of methoxy groups -OCH3 is 4. The molecule has 3 aliphatic carbocycles. The highest BCUT2D eigenvalue weighted by molar-refractivity contribution is 6.04. The molecule has 4 aromatic rings. The van der Waals surface area contributed by atoms with Gasteiger partial charge >= 0.3 is 11.9 Å². The highest BCUT2D eigenvalue weighted by atomic mass is 16.6. The van der Waals surface area contributed by atoms with Gasteiger partial charge in [0.15, 0.2) is 34.6 Å². The maximum Gasteiger partial charge on any atom is 0.322 e. The lowest BCUT2D eigenvalue weighted by Gasteiger charge is -2.25. The number of carbonyl (C=O) groups excluding carboxylic acids is 4. The molecule has 0 bridgehead atoms. The molecule has 1 saturated carbocycles. The first-order chi connectivity index (χ1) is 25.1. The Morgan fingerprint density at radius 3 is 1.63 bits per heavy atom. The van der Waals surface area contributed by atoms with E-state index in [1.54, 1.807) is 44.2 Å². The van der Waals surface area contributed by atoms with Crippen LogP contribution in [0.2, 0.25) is 0 Å². The summed E-state index contributed by atoms with van der Waals surface area (Å²) >= 11 is 0. The number of hydrogen-bond acceptors (Lipinski definition) is 10. The van der Waals surface area contributed by atoms with Crippen LogP contribution < -0.4 is 28.4 Å². The quantitative estimate of drug-likeness (QED) is 0.114. The Balaban J connectivity index is 1.40. The molecule has 4 aromatic carbocycles. The molecular weight excluding hydrogens is 664 g/mol. The van der Waals surface area contributed by atoms with Crippen molar-refractivity contribution in [2.24, 2.45) is 5.92 Å². The Labute approximate surface area is 301 Å². The van der Waals surface area contributed by atoms with E-state index in [0.29, 0.717) is 77.7 Å². The molecule has 0 aromatic heterocycles. The van der Waals surface area contributed by atoms with Crippen LogP contribution in [0.1, 0.15) is 76.9 Å². The molecule has 0 N–H and O–H groups in total. The van der Waals surface area contributed by atoms with Crippen molar-refractivity contribution in [1.82, 2.24) is 0 Å². The molecule has 0 radical (unpaired) electrons. The van der Waals surface area contributed by atoms with E-state index < -0.39 is 23.3 Å². The molecule has 0 unspecified atom stereocenters. The van der Waals surface area contributed by atoms with E-state index >= 15 is 0 Å². The number of esters is 2. The lowest BCUT2D eigenvalue weighted by Crippen LogP contribution is -2.27. The number of Topliss-reactive ketones (excluding diaryl/α,β-unsaturated/α-hetero) is 2. The topological polar surface area (TPSA) is 124 Å². The van der Waals surface area contributed by atoms with E-state index in [9.17, 15) is 19.2 Å². The number of rotatable bonds is 11. The second kappa shape index (κ2) is 13.5. The highest BCUT2D eigenvalue weighted by Crippen LogP contribution is 2.59. The van der Waals surface area contributed by atoms with Crippen molar-refractivity contribution < 1.29 is 47.6 Å². The van der Waals surface area contributed by atoms with E-state index in [1.807, 2.05) is 24.3 Å². The Morgan fingerprint density at radius 2 is 1.12 bits per heavy atom. The standard InChI is InChI=1S/C42H40O10/c1-22(2)40(45)51-36-30(24-10-8-12-28-26(24)14-17-33(28)44)21-31(37(48-4)39(36)50-6)42(19-20-42)41(46)52-35-29(15-18-34(47-3)38(35)49-5)23-9-7-11-27-25(23)13-16-32(27)43/h7-12,15,18,21-22H,13-14,16-17,19-20H2,1-6H3. The van der Waals surface area contributed by atoms with Crippen LogP contribution in [-0.2, 0) is 27.8 Å². The smallest absolute Gasteiger partial charge is 0.322 e. The zero-order chi connectivity index (χ0) is 36.9. The third kappa shape index (κ3) is 5.57. The van der Waals surface area contributed by atoms with Crippen LogP contribution in [0, 0.1) is 5.92 Å². The normalized spacial score (nSPS) is 15.2. The molecule has 52 heavy (non-hydrogen) atoms. The minimum Gasteiger partial charge on any atom is -0.493 e. The number of hydrogen-bond donors (Lipinski definition) is 0. The van der Waals surface area contributed by atoms with Gasteiger partial charge < -0.3 is 28.4 Å². The number of ether oxygens (including phenoxy) is 6. The summed E-state index contributed by atoms with van der Waals surface area (Å²) in [6.07, 6.45) is 2.72. The molecule has 10 heteroatoms. The zero-order valence-corrected chi connectivity index (χ0v) is 30.1. The van der Waals surface area contributed by atoms with Gasteiger partial charge in [0.2, 0.25) is 11.5 Å². The molecule has 268 valence electrons. The van der Waals surface area contributed by atoms with Crippen LogP contribution in [-0.4, -0.2) is 51.9 Å². The summed E-state index contributed by atoms with van der Waals surface area (Å²) in [6, 6.07) is 16.4. The molecule has 10 nitrogen and oxygen atoms in total. The van der Waals surface area contributed by atoms with Gasteiger partial charge in [-0.05, 0) is 66.1 Å². The maximum atomic E-state index is 14.7. The molecule has 0 atom stereocenters. The zero-order valence-electron chi connectivity index (χ0n) is 30.1. The number of benzene rings is 4. The summed E-state index contributed by atoms with van der Waals surface area (Å²) in [5.41, 5.74) is 4.84. The first-order valence-electron chi connectivity index (χ1n) is 17.4. The van der Waals surface area contributed by atoms with Gasteiger partial charge in [-0.3, -0.25) is 19.2 Å². The molecule has 0 spiro atoms. The van der Waals surface area contributed by atoms with Gasteiger partial charge in [-0.15, -0.1) is 0 Å². The second-order valence-electron chi connectivity index (χ2n) is 13.6. The van der Waals surface area contributed by atoms with E-state index in [1.165, 1.54) is 28.4 Å². The molecular formula is C42H40O10. The largest absolute Gasteiger partial charge is 0.493 e. The van der Waals surface area contributed by atoms with E-state index in [-0.39, 0.29) is 40.3 Å². The fraction of sp³-hybridized carbons (Fsp3) is 0.333. The van der Waals surface area contributed by atoms with E-state index in [4.69, 9.17) is 28.4 Å². The average molecular weight is 705 g/mol. The number of ketones is 2. The van der Waals surface area contributed by atoms with Gasteiger partial charge in [0.05, 0.1) is 39.8 Å². The monoisotopic (exact) mass is 704 g/mol. The number of fused-ring (bicyclic) bond motifs is 2. The Hall–Kier alpha value is -5.64. The predicted molar refractivity (Wildman–Crippen MR) is 192 cm³/mol. The Morgan fingerprint density at radius 1 is 0.577 bits per heavy atom. The molecule has 0 amide bonds. The fourth-order valence-corrected chi connectivity index (χ4v) is 7.48. The second-order valence-corrected chi connectivity index (χ2v) is 13.6. The summed E-state index contributed by atoms with van der Waals surface area (Å²) in [6.45, 7) is 3.47. The van der Waals surface area contributed by atoms with Gasteiger partial charge in [-0.25, -0.2) is 0 Å². The van der Waals surface area contributed by atoms with Crippen molar-refractivity contribution in [3.05, 3.63) is 82.4 Å². The van der Waals surface area contributed by atoms with Crippen molar-refractivity contribution in [3.63, 3.8) is 0 Å². The average Bonchev–Trinajstić information content (AvgIpc) is 3.76. The molecule has 7 rings (SSSR count). The lowest BCUT2D eigenvalue weighted by molar-refractivity contribution is -0.138. The van der Waals surface area contributed by atoms with Gasteiger partial charge in [-0.2, -0.15) is 0 Å². The molecule has 0 saturated heterocycles. The van der Waals surface area contributed by atoms with Crippen LogP contribution in [0.15, 0.2) is 54.6 Å². The van der Waals surface area contributed by atoms with Crippen LogP contribution in [0.25, 0.3) is 22.3 Å². The number of carbonyl (C=O) groups is 4. The minimum absolute atomic E-state index is 0.0389. The first-order valence-corrected chi connectivity index (χ1v) is 17.4. The fourth-order valence-electron chi connectivity index (χ4n) is 7.48. The Bertz CT molecular complexity index is 2160. The Kier molecular flexibility index (Phi) is 9.02.